The fourth-order valence-electron chi connectivity index (χ4n) is 3.31. The van der Waals surface area contributed by atoms with Crippen molar-refractivity contribution in [1.82, 2.24) is 5.32 Å². The van der Waals surface area contributed by atoms with Crippen LogP contribution in [-0.2, 0) is 11.8 Å². The molecule has 3 rings (SSSR count). The molecule has 0 radical (unpaired) electrons. The molecule has 0 aliphatic heterocycles. The zero-order valence-corrected chi connectivity index (χ0v) is 13.2. The second-order valence-electron chi connectivity index (χ2n) is 5.96. The smallest absolute Gasteiger partial charge is 0.0406 e. The normalized spacial score (nSPS) is 17.4. The molecule has 1 fully saturated rings. The third kappa shape index (κ3) is 3.14. The van der Waals surface area contributed by atoms with Gasteiger partial charge in [-0.05, 0) is 49.1 Å². The summed E-state index contributed by atoms with van der Waals surface area (Å²) in [6.45, 7) is 3.20. The summed E-state index contributed by atoms with van der Waals surface area (Å²) in [5.74, 6) is 0. The number of benzene rings is 2. The molecule has 1 unspecified atom stereocenters. The molecule has 0 heterocycles. The second-order valence-corrected chi connectivity index (χ2v) is 6.40. The number of rotatable bonds is 6. The average molecular weight is 300 g/mol. The molecule has 1 saturated carbocycles. The van der Waals surface area contributed by atoms with E-state index in [2.05, 4.69) is 54.7 Å². The lowest BCUT2D eigenvalue weighted by Gasteiger charge is -2.28. The third-order valence-corrected chi connectivity index (χ3v) is 4.86. The predicted octanol–water partition coefficient (Wildman–Crippen LogP) is 4.59. The molecule has 2 heteroatoms. The number of likely N-dealkylation sites (N-methyl/N-ethyl adjacent to an activating group) is 1. The van der Waals surface area contributed by atoms with Crippen molar-refractivity contribution < 1.29 is 0 Å². The maximum Gasteiger partial charge on any atom is 0.0406 e. The van der Waals surface area contributed by atoms with E-state index in [1.165, 1.54) is 24.0 Å². The van der Waals surface area contributed by atoms with Crippen LogP contribution >= 0.6 is 11.6 Å². The van der Waals surface area contributed by atoms with Crippen LogP contribution in [0.4, 0.5) is 0 Å². The van der Waals surface area contributed by atoms with Crippen LogP contribution in [0.25, 0.3) is 0 Å². The molecule has 2 aromatic carbocycles. The Morgan fingerprint density at radius 2 is 1.71 bits per heavy atom. The summed E-state index contributed by atoms with van der Waals surface area (Å²) in [4.78, 5) is 0. The predicted molar refractivity (Wildman–Crippen MR) is 90.0 cm³/mol. The molecule has 0 bridgehead atoms. The molecule has 1 N–H and O–H groups in total. The van der Waals surface area contributed by atoms with E-state index in [1.807, 2.05) is 12.1 Å². The number of hydrogen-bond donors (Lipinski definition) is 1. The largest absolute Gasteiger partial charge is 0.313 e. The lowest BCUT2D eigenvalue weighted by Crippen LogP contribution is -2.41. The summed E-state index contributed by atoms with van der Waals surface area (Å²) < 4.78 is 0. The van der Waals surface area contributed by atoms with Gasteiger partial charge in [0.15, 0.2) is 0 Å². The molecule has 1 aliphatic rings. The highest BCUT2D eigenvalue weighted by molar-refractivity contribution is 6.30. The minimum Gasteiger partial charge on any atom is -0.313 e. The van der Waals surface area contributed by atoms with Gasteiger partial charge in [0, 0.05) is 16.5 Å². The highest BCUT2D eigenvalue weighted by Gasteiger charge is 2.49. The van der Waals surface area contributed by atoms with Gasteiger partial charge in [0.2, 0.25) is 0 Å². The van der Waals surface area contributed by atoms with Gasteiger partial charge in [0.25, 0.3) is 0 Å². The Hall–Kier alpha value is -1.31. The Kier molecular flexibility index (Phi) is 4.32. The van der Waals surface area contributed by atoms with Crippen LogP contribution in [0.5, 0.6) is 0 Å². The quantitative estimate of drug-likeness (QED) is 0.822. The van der Waals surface area contributed by atoms with Crippen LogP contribution in [0.15, 0.2) is 54.6 Å². The van der Waals surface area contributed by atoms with Crippen molar-refractivity contribution >= 4 is 11.6 Å². The first-order valence-corrected chi connectivity index (χ1v) is 8.16. The first-order valence-electron chi connectivity index (χ1n) is 7.78. The lowest BCUT2D eigenvalue weighted by molar-refractivity contribution is 0.421. The van der Waals surface area contributed by atoms with E-state index in [1.54, 1.807) is 0 Å². The third-order valence-electron chi connectivity index (χ3n) is 4.61. The highest BCUT2D eigenvalue weighted by atomic mass is 35.5. The molecule has 0 aromatic heterocycles. The number of halogens is 1. The van der Waals surface area contributed by atoms with E-state index in [0.29, 0.717) is 11.5 Å². The SMILES string of the molecule is CCNC(Cc1ccc(Cl)cc1)C1(c2ccccc2)CC1. The maximum absolute atomic E-state index is 5.99. The van der Waals surface area contributed by atoms with Gasteiger partial charge >= 0.3 is 0 Å². The molecule has 0 saturated heterocycles. The lowest BCUT2D eigenvalue weighted by atomic mass is 9.84. The van der Waals surface area contributed by atoms with Gasteiger partial charge in [-0.15, -0.1) is 0 Å². The van der Waals surface area contributed by atoms with E-state index < -0.39 is 0 Å². The molecule has 1 aliphatic carbocycles. The standard InChI is InChI=1S/C19H22ClN/c1-2-21-18(14-15-8-10-17(20)11-9-15)19(12-13-19)16-6-4-3-5-7-16/h3-11,18,21H,2,12-14H2,1H3. The van der Waals surface area contributed by atoms with Crippen molar-refractivity contribution in [2.75, 3.05) is 6.54 Å². The average Bonchev–Trinajstić information content (AvgIpc) is 3.32. The van der Waals surface area contributed by atoms with Crippen molar-refractivity contribution in [3.63, 3.8) is 0 Å². The summed E-state index contributed by atoms with van der Waals surface area (Å²) in [6.07, 6.45) is 3.62. The minimum atomic E-state index is 0.316. The van der Waals surface area contributed by atoms with Gasteiger partial charge in [0.1, 0.15) is 0 Å². The highest BCUT2D eigenvalue weighted by Crippen LogP contribution is 2.51. The topological polar surface area (TPSA) is 12.0 Å². The molecular formula is C19H22ClN. The van der Waals surface area contributed by atoms with Crippen LogP contribution in [0.3, 0.4) is 0 Å². The van der Waals surface area contributed by atoms with Gasteiger partial charge in [-0.25, -0.2) is 0 Å². The van der Waals surface area contributed by atoms with Crippen molar-refractivity contribution in [3.05, 3.63) is 70.7 Å². The van der Waals surface area contributed by atoms with Crippen LogP contribution in [-0.4, -0.2) is 12.6 Å². The van der Waals surface area contributed by atoms with Crippen molar-refractivity contribution in [2.24, 2.45) is 0 Å². The Bertz CT molecular complexity index is 572. The maximum atomic E-state index is 5.99. The first-order chi connectivity index (χ1) is 10.2. The fraction of sp³-hybridized carbons (Fsp3) is 0.368. The Morgan fingerprint density at radius 3 is 2.29 bits per heavy atom. The van der Waals surface area contributed by atoms with Crippen molar-refractivity contribution in [2.45, 2.75) is 37.6 Å². The number of hydrogen-bond acceptors (Lipinski definition) is 1. The molecule has 2 aromatic rings. The monoisotopic (exact) mass is 299 g/mol. The molecular weight excluding hydrogens is 278 g/mol. The number of nitrogens with one attached hydrogen (secondary N) is 1. The van der Waals surface area contributed by atoms with Crippen molar-refractivity contribution in [3.8, 4) is 0 Å². The van der Waals surface area contributed by atoms with Crippen LogP contribution in [0.2, 0.25) is 5.02 Å². The zero-order chi connectivity index (χ0) is 14.7. The summed E-state index contributed by atoms with van der Waals surface area (Å²) in [5, 5.41) is 4.52. The molecule has 0 spiro atoms. The van der Waals surface area contributed by atoms with E-state index in [9.17, 15) is 0 Å². The van der Waals surface area contributed by atoms with Crippen LogP contribution in [0.1, 0.15) is 30.9 Å². The summed E-state index contributed by atoms with van der Waals surface area (Å²) in [7, 11) is 0. The molecule has 0 amide bonds. The van der Waals surface area contributed by atoms with Gasteiger partial charge < -0.3 is 5.32 Å². The van der Waals surface area contributed by atoms with E-state index >= 15 is 0 Å². The Morgan fingerprint density at radius 1 is 1.05 bits per heavy atom. The van der Waals surface area contributed by atoms with Gasteiger partial charge in [0.05, 0.1) is 0 Å². The summed E-state index contributed by atoms with van der Waals surface area (Å²) in [6, 6.07) is 19.7. The van der Waals surface area contributed by atoms with E-state index in [0.717, 1.165) is 18.0 Å². The summed E-state index contributed by atoms with van der Waals surface area (Å²) >= 11 is 5.99. The van der Waals surface area contributed by atoms with Crippen molar-refractivity contribution in [1.29, 1.82) is 0 Å². The molecule has 1 atom stereocenters. The van der Waals surface area contributed by atoms with Crippen LogP contribution < -0.4 is 5.32 Å². The Balaban J connectivity index is 1.83. The molecule has 110 valence electrons. The van der Waals surface area contributed by atoms with E-state index in [-0.39, 0.29) is 0 Å². The van der Waals surface area contributed by atoms with Crippen LogP contribution in [0, 0.1) is 0 Å². The molecule has 1 nitrogen and oxygen atoms in total. The van der Waals surface area contributed by atoms with E-state index in [4.69, 9.17) is 11.6 Å². The van der Waals surface area contributed by atoms with Gasteiger partial charge in [-0.3, -0.25) is 0 Å². The van der Waals surface area contributed by atoms with Gasteiger partial charge in [-0.2, -0.15) is 0 Å². The minimum absolute atomic E-state index is 0.316. The molecule has 21 heavy (non-hydrogen) atoms. The first kappa shape index (κ1) is 14.6. The Labute approximate surface area is 132 Å². The second kappa shape index (κ2) is 6.21. The summed E-state index contributed by atoms with van der Waals surface area (Å²) in [5.41, 5.74) is 3.15. The van der Waals surface area contributed by atoms with Gasteiger partial charge in [-0.1, -0.05) is 61.0 Å². The zero-order valence-electron chi connectivity index (χ0n) is 12.5. The fourth-order valence-corrected chi connectivity index (χ4v) is 3.43.